The van der Waals surface area contributed by atoms with E-state index in [9.17, 15) is 9.18 Å². The molecule has 2 aliphatic rings. The van der Waals surface area contributed by atoms with Crippen molar-refractivity contribution in [2.75, 3.05) is 12.3 Å². The lowest BCUT2D eigenvalue weighted by Crippen LogP contribution is -2.35. The van der Waals surface area contributed by atoms with E-state index in [0.29, 0.717) is 17.6 Å². The van der Waals surface area contributed by atoms with Crippen LogP contribution in [0.4, 0.5) is 10.1 Å². The molecule has 0 aromatic heterocycles. The number of halogens is 1. The molecule has 1 amide bonds. The number of carbonyl (C=O) groups is 1. The van der Waals surface area contributed by atoms with E-state index >= 15 is 0 Å². The lowest BCUT2D eigenvalue weighted by atomic mass is 10.1. The molecule has 0 heterocycles. The van der Waals surface area contributed by atoms with Gasteiger partial charge in [-0.2, -0.15) is 0 Å². The van der Waals surface area contributed by atoms with Gasteiger partial charge in [0, 0.05) is 18.3 Å². The molecule has 1 aromatic rings. The third-order valence-corrected chi connectivity index (χ3v) is 3.62. The zero-order valence-electron chi connectivity index (χ0n) is 10.2. The van der Waals surface area contributed by atoms with Crippen LogP contribution in [-0.2, 0) is 0 Å². The molecule has 3 rings (SSSR count). The number of anilines is 1. The molecule has 2 N–H and O–H groups in total. The first-order valence-electron chi connectivity index (χ1n) is 6.51. The summed E-state index contributed by atoms with van der Waals surface area (Å²) in [6.07, 6.45) is 4.47. The number of carbonyl (C=O) groups excluding carboxylic acids is 1. The fraction of sp³-hybridized carbons (Fsp3) is 0.500. The molecule has 96 valence electrons. The first-order chi connectivity index (χ1) is 8.65. The van der Waals surface area contributed by atoms with Gasteiger partial charge in [0.2, 0.25) is 0 Å². The first-order valence-corrected chi connectivity index (χ1v) is 6.51. The van der Waals surface area contributed by atoms with Crippen molar-refractivity contribution < 1.29 is 9.18 Å². The number of nitrogens with zero attached hydrogens (tertiary/aromatic N) is 1. The first kappa shape index (κ1) is 11.5. The minimum Gasteiger partial charge on any atom is -0.399 e. The van der Waals surface area contributed by atoms with Gasteiger partial charge in [0.25, 0.3) is 5.91 Å². The molecule has 4 heteroatoms. The van der Waals surface area contributed by atoms with Crippen LogP contribution in [0.5, 0.6) is 0 Å². The smallest absolute Gasteiger partial charge is 0.257 e. The Kier molecular flexibility index (Phi) is 2.73. The fourth-order valence-electron chi connectivity index (χ4n) is 2.22. The van der Waals surface area contributed by atoms with Gasteiger partial charge in [0.15, 0.2) is 0 Å². The van der Waals surface area contributed by atoms with Crippen molar-refractivity contribution in [1.82, 2.24) is 4.90 Å². The van der Waals surface area contributed by atoms with E-state index < -0.39 is 5.82 Å². The second-order valence-electron chi connectivity index (χ2n) is 5.37. The Hall–Kier alpha value is -1.58. The number of hydrogen-bond donors (Lipinski definition) is 1. The van der Waals surface area contributed by atoms with Gasteiger partial charge in [-0.1, -0.05) is 0 Å². The van der Waals surface area contributed by atoms with Crippen LogP contribution >= 0.6 is 0 Å². The van der Waals surface area contributed by atoms with Gasteiger partial charge in [0.1, 0.15) is 5.82 Å². The van der Waals surface area contributed by atoms with Gasteiger partial charge < -0.3 is 10.6 Å². The van der Waals surface area contributed by atoms with Crippen LogP contribution < -0.4 is 5.73 Å². The minimum absolute atomic E-state index is 0.113. The molecule has 0 saturated heterocycles. The molecule has 1 aromatic carbocycles. The van der Waals surface area contributed by atoms with Crippen molar-refractivity contribution >= 4 is 11.6 Å². The molecule has 3 nitrogen and oxygen atoms in total. The summed E-state index contributed by atoms with van der Waals surface area (Å²) >= 11 is 0. The van der Waals surface area contributed by atoms with Crippen LogP contribution in [0, 0.1) is 11.7 Å². The highest BCUT2D eigenvalue weighted by atomic mass is 19.1. The molecule has 0 aliphatic heterocycles. The summed E-state index contributed by atoms with van der Waals surface area (Å²) in [5, 5.41) is 0. The monoisotopic (exact) mass is 248 g/mol. The topological polar surface area (TPSA) is 46.3 Å². The maximum absolute atomic E-state index is 13.7. The Morgan fingerprint density at radius 3 is 2.67 bits per heavy atom. The van der Waals surface area contributed by atoms with Gasteiger partial charge in [-0.15, -0.1) is 0 Å². The van der Waals surface area contributed by atoms with Crippen molar-refractivity contribution in [2.24, 2.45) is 5.92 Å². The highest BCUT2D eigenvalue weighted by Gasteiger charge is 2.37. The normalized spacial score (nSPS) is 18.7. The summed E-state index contributed by atoms with van der Waals surface area (Å²) in [4.78, 5) is 14.2. The van der Waals surface area contributed by atoms with Crippen molar-refractivity contribution in [1.29, 1.82) is 0 Å². The molecule has 18 heavy (non-hydrogen) atoms. The number of benzene rings is 1. The van der Waals surface area contributed by atoms with E-state index in [1.807, 2.05) is 4.90 Å². The van der Waals surface area contributed by atoms with Crippen molar-refractivity contribution in [3.05, 3.63) is 29.6 Å². The number of hydrogen-bond acceptors (Lipinski definition) is 2. The molecule has 0 unspecified atom stereocenters. The van der Waals surface area contributed by atoms with Crippen LogP contribution in [0.2, 0.25) is 0 Å². The Bertz CT molecular complexity index is 481. The zero-order valence-corrected chi connectivity index (χ0v) is 10.2. The molecule has 2 saturated carbocycles. The van der Waals surface area contributed by atoms with Gasteiger partial charge in [-0.3, -0.25) is 4.79 Å². The predicted molar refractivity (Wildman–Crippen MR) is 67.6 cm³/mol. The molecule has 2 aliphatic carbocycles. The Labute approximate surface area is 106 Å². The van der Waals surface area contributed by atoms with Crippen LogP contribution in [-0.4, -0.2) is 23.4 Å². The molecule has 2 fully saturated rings. The van der Waals surface area contributed by atoms with E-state index in [1.165, 1.54) is 31.0 Å². The van der Waals surface area contributed by atoms with Gasteiger partial charge in [0.05, 0.1) is 5.56 Å². The molecular weight excluding hydrogens is 231 g/mol. The third-order valence-electron chi connectivity index (χ3n) is 3.62. The van der Waals surface area contributed by atoms with E-state index in [2.05, 4.69) is 0 Å². The second-order valence-corrected chi connectivity index (χ2v) is 5.37. The summed E-state index contributed by atoms with van der Waals surface area (Å²) in [5.41, 5.74) is 6.18. The lowest BCUT2D eigenvalue weighted by Gasteiger charge is -2.22. The average molecular weight is 248 g/mol. The van der Waals surface area contributed by atoms with Crippen LogP contribution in [0.25, 0.3) is 0 Å². The number of amides is 1. The molecule has 0 atom stereocenters. The molecule has 0 bridgehead atoms. The number of nitrogen functional groups attached to an aromatic ring is 1. The summed E-state index contributed by atoms with van der Waals surface area (Å²) in [6, 6.07) is 4.51. The Morgan fingerprint density at radius 2 is 2.06 bits per heavy atom. The van der Waals surface area contributed by atoms with Crippen molar-refractivity contribution in [3.8, 4) is 0 Å². The quantitative estimate of drug-likeness (QED) is 0.832. The molecule has 0 spiro atoms. The van der Waals surface area contributed by atoms with E-state index in [1.54, 1.807) is 0 Å². The highest BCUT2D eigenvalue weighted by Crippen LogP contribution is 2.35. The standard InChI is InChI=1S/C14H17FN2O/c15-13-6-3-10(16)7-12(13)14(18)17(11-4-5-11)8-9-1-2-9/h3,6-7,9,11H,1-2,4-5,8,16H2. The van der Waals surface area contributed by atoms with E-state index in [0.717, 1.165) is 19.4 Å². The summed E-state index contributed by atoms with van der Waals surface area (Å²) < 4.78 is 13.7. The number of nitrogens with two attached hydrogens (primary N) is 1. The third kappa shape index (κ3) is 2.33. The van der Waals surface area contributed by atoms with Gasteiger partial charge in [-0.25, -0.2) is 4.39 Å². The van der Waals surface area contributed by atoms with Crippen LogP contribution in [0.1, 0.15) is 36.0 Å². The number of rotatable bonds is 4. The average Bonchev–Trinajstić information content (AvgIpc) is 3.21. The SMILES string of the molecule is Nc1ccc(F)c(C(=O)N(CC2CC2)C2CC2)c1. The zero-order chi connectivity index (χ0) is 12.7. The van der Waals surface area contributed by atoms with E-state index in [-0.39, 0.29) is 11.5 Å². The van der Waals surface area contributed by atoms with E-state index in [4.69, 9.17) is 5.73 Å². The summed E-state index contributed by atoms with van der Waals surface area (Å²) in [6.45, 7) is 0.776. The minimum atomic E-state index is -0.476. The predicted octanol–water partition coefficient (Wildman–Crippen LogP) is 2.42. The molecule has 0 radical (unpaired) electrons. The second kappa shape index (κ2) is 4.26. The van der Waals surface area contributed by atoms with Gasteiger partial charge >= 0.3 is 0 Å². The summed E-state index contributed by atoms with van der Waals surface area (Å²) in [7, 11) is 0. The molecular formula is C14H17FN2O. The fourth-order valence-corrected chi connectivity index (χ4v) is 2.22. The highest BCUT2D eigenvalue weighted by molar-refractivity contribution is 5.95. The summed E-state index contributed by atoms with van der Waals surface area (Å²) in [5.74, 6) is -0.0523. The maximum atomic E-state index is 13.7. The van der Waals surface area contributed by atoms with Crippen LogP contribution in [0.3, 0.4) is 0 Å². The maximum Gasteiger partial charge on any atom is 0.257 e. The van der Waals surface area contributed by atoms with Crippen molar-refractivity contribution in [3.63, 3.8) is 0 Å². The van der Waals surface area contributed by atoms with Crippen molar-refractivity contribution in [2.45, 2.75) is 31.7 Å². The van der Waals surface area contributed by atoms with Gasteiger partial charge in [-0.05, 0) is 49.8 Å². The Morgan fingerprint density at radius 1 is 1.33 bits per heavy atom. The van der Waals surface area contributed by atoms with Crippen LogP contribution in [0.15, 0.2) is 18.2 Å². The Balaban J connectivity index is 1.83. The largest absolute Gasteiger partial charge is 0.399 e. The lowest BCUT2D eigenvalue weighted by molar-refractivity contribution is 0.0730.